The van der Waals surface area contributed by atoms with Crippen molar-refractivity contribution in [3.05, 3.63) is 0 Å². The quantitative estimate of drug-likeness (QED) is 0.581. The van der Waals surface area contributed by atoms with Gasteiger partial charge in [0.15, 0.2) is 0 Å². The number of fused-ring (bicyclic) bond motifs is 1. The molecule has 0 N–H and O–H groups in total. The zero-order valence-electron chi connectivity index (χ0n) is 10.3. The van der Waals surface area contributed by atoms with E-state index in [4.69, 9.17) is 0 Å². The highest BCUT2D eigenvalue weighted by molar-refractivity contribution is 5.03. The molecule has 0 bridgehead atoms. The van der Waals surface area contributed by atoms with Crippen LogP contribution in [0.1, 0.15) is 27.7 Å². The van der Waals surface area contributed by atoms with E-state index in [1.165, 1.54) is 26.2 Å². The highest BCUT2D eigenvalue weighted by atomic mass is 15.3. The highest BCUT2D eigenvalue weighted by Crippen LogP contribution is 2.43. The van der Waals surface area contributed by atoms with Crippen molar-refractivity contribution in [2.24, 2.45) is 11.3 Å². The molecule has 0 aromatic carbocycles. The van der Waals surface area contributed by atoms with Crippen LogP contribution in [-0.4, -0.2) is 48.6 Å². The van der Waals surface area contributed by atoms with Crippen LogP contribution >= 0.6 is 0 Å². The Hall–Kier alpha value is -0.0800. The molecule has 2 heteroatoms. The average Bonchev–Trinajstić information content (AvgIpc) is 2.36. The Morgan fingerprint density at radius 3 is 2.29 bits per heavy atom. The monoisotopic (exact) mass is 196 g/mol. The maximum absolute atomic E-state index is 2.66. The predicted octanol–water partition coefficient (Wildman–Crippen LogP) is 1.67. The van der Waals surface area contributed by atoms with E-state index in [2.05, 4.69) is 44.5 Å². The first-order chi connectivity index (χ1) is 6.31. The second-order valence-electron chi connectivity index (χ2n) is 6.60. The standard InChI is InChI=1S/C12H24N2/c1-11(2,3)14-7-10-6-13(5)8-12(10,4)9-14/h10H,6-9H2,1-5H3/t10-,12+/m1/s1. The Morgan fingerprint density at radius 2 is 1.79 bits per heavy atom. The summed E-state index contributed by atoms with van der Waals surface area (Å²) in [5, 5.41) is 0. The first-order valence-electron chi connectivity index (χ1n) is 5.75. The van der Waals surface area contributed by atoms with Crippen molar-refractivity contribution in [2.75, 3.05) is 33.2 Å². The number of rotatable bonds is 0. The largest absolute Gasteiger partial charge is 0.305 e. The third-order valence-corrected chi connectivity index (χ3v) is 4.09. The van der Waals surface area contributed by atoms with Crippen LogP contribution in [0.3, 0.4) is 0 Å². The van der Waals surface area contributed by atoms with Crippen molar-refractivity contribution in [3.8, 4) is 0 Å². The van der Waals surface area contributed by atoms with Crippen molar-refractivity contribution >= 4 is 0 Å². The van der Waals surface area contributed by atoms with Gasteiger partial charge in [0.1, 0.15) is 0 Å². The summed E-state index contributed by atoms with van der Waals surface area (Å²) in [5.74, 6) is 0.895. The molecule has 2 rings (SSSR count). The predicted molar refractivity (Wildman–Crippen MR) is 60.4 cm³/mol. The highest BCUT2D eigenvalue weighted by Gasteiger charge is 2.49. The molecule has 2 aliphatic rings. The first kappa shape index (κ1) is 10.4. The van der Waals surface area contributed by atoms with Gasteiger partial charge in [-0.2, -0.15) is 0 Å². The molecule has 0 saturated carbocycles. The molecule has 2 atom stereocenters. The summed E-state index contributed by atoms with van der Waals surface area (Å²) in [6.07, 6.45) is 0. The van der Waals surface area contributed by atoms with E-state index in [9.17, 15) is 0 Å². The number of hydrogen-bond donors (Lipinski definition) is 0. The van der Waals surface area contributed by atoms with Gasteiger partial charge >= 0.3 is 0 Å². The Balaban J connectivity index is 2.10. The second-order valence-corrected chi connectivity index (χ2v) is 6.60. The average molecular weight is 196 g/mol. The van der Waals surface area contributed by atoms with Crippen molar-refractivity contribution in [3.63, 3.8) is 0 Å². The zero-order chi connectivity index (χ0) is 10.6. The summed E-state index contributed by atoms with van der Waals surface area (Å²) in [7, 11) is 2.25. The normalized spacial score (nSPS) is 40.5. The molecule has 0 aromatic heterocycles. The molecule has 0 aliphatic carbocycles. The lowest BCUT2D eigenvalue weighted by Crippen LogP contribution is -2.42. The Bertz CT molecular complexity index is 231. The fourth-order valence-electron chi connectivity index (χ4n) is 3.14. The van der Waals surface area contributed by atoms with Crippen molar-refractivity contribution in [1.29, 1.82) is 0 Å². The maximum atomic E-state index is 2.66. The number of hydrogen-bond acceptors (Lipinski definition) is 2. The Morgan fingerprint density at radius 1 is 1.14 bits per heavy atom. The molecule has 2 aliphatic heterocycles. The summed E-state index contributed by atoms with van der Waals surface area (Å²) in [6.45, 7) is 14.6. The molecule has 82 valence electrons. The van der Waals surface area contributed by atoms with Crippen LogP contribution in [0.15, 0.2) is 0 Å². The zero-order valence-corrected chi connectivity index (χ0v) is 10.3. The van der Waals surface area contributed by atoms with Gasteiger partial charge in [-0.25, -0.2) is 0 Å². The lowest BCUT2D eigenvalue weighted by atomic mass is 9.83. The smallest absolute Gasteiger partial charge is 0.0125 e. The van der Waals surface area contributed by atoms with Crippen molar-refractivity contribution in [1.82, 2.24) is 9.80 Å². The minimum atomic E-state index is 0.353. The third kappa shape index (κ3) is 1.59. The van der Waals surface area contributed by atoms with Gasteiger partial charge in [0.25, 0.3) is 0 Å². The van der Waals surface area contributed by atoms with E-state index in [-0.39, 0.29) is 0 Å². The molecule has 2 nitrogen and oxygen atoms in total. The van der Waals surface area contributed by atoms with Crippen LogP contribution in [-0.2, 0) is 0 Å². The molecule has 0 radical (unpaired) electrons. The van der Waals surface area contributed by atoms with Gasteiger partial charge in [-0.3, -0.25) is 4.90 Å². The van der Waals surface area contributed by atoms with E-state index in [1.807, 2.05) is 0 Å². The topological polar surface area (TPSA) is 6.48 Å². The molecule has 2 fully saturated rings. The van der Waals surface area contributed by atoms with Gasteiger partial charge in [0, 0.05) is 31.7 Å². The minimum absolute atomic E-state index is 0.353. The SMILES string of the molecule is CN1C[C@@H]2CN(C(C)(C)C)C[C@]2(C)C1. The Kier molecular flexibility index (Phi) is 2.20. The summed E-state index contributed by atoms with van der Waals surface area (Å²) < 4.78 is 0. The van der Waals surface area contributed by atoms with Crippen LogP contribution in [0.2, 0.25) is 0 Å². The van der Waals surface area contributed by atoms with Crippen molar-refractivity contribution in [2.45, 2.75) is 33.2 Å². The number of nitrogens with zero attached hydrogens (tertiary/aromatic N) is 2. The van der Waals surface area contributed by atoms with E-state index in [0.29, 0.717) is 11.0 Å². The molecular weight excluding hydrogens is 172 g/mol. The molecule has 14 heavy (non-hydrogen) atoms. The second kappa shape index (κ2) is 2.96. The summed E-state index contributed by atoms with van der Waals surface area (Å²) in [6, 6.07) is 0. The fourth-order valence-corrected chi connectivity index (χ4v) is 3.14. The van der Waals surface area contributed by atoms with Crippen LogP contribution in [0.25, 0.3) is 0 Å². The van der Waals surface area contributed by atoms with Gasteiger partial charge in [0.05, 0.1) is 0 Å². The fraction of sp³-hybridized carbons (Fsp3) is 1.00. The molecular formula is C12H24N2. The lowest BCUT2D eigenvalue weighted by Gasteiger charge is -2.34. The van der Waals surface area contributed by atoms with Gasteiger partial charge in [-0.15, -0.1) is 0 Å². The summed E-state index contributed by atoms with van der Waals surface area (Å²) in [5.41, 5.74) is 0.911. The summed E-state index contributed by atoms with van der Waals surface area (Å²) >= 11 is 0. The summed E-state index contributed by atoms with van der Waals surface area (Å²) in [4.78, 5) is 5.15. The van der Waals surface area contributed by atoms with Crippen LogP contribution in [0, 0.1) is 11.3 Å². The van der Waals surface area contributed by atoms with E-state index < -0.39 is 0 Å². The Labute approximate surface area is 88.3 Å². The third-order valence-electron chi connectivity index (χ3n) is 4.09. The van der Waals surface area contributed by atoms with E-state index in [0.717, 1.165) is 5.92 Å². The van der Waals surface area contributed by atoms with E-state index >= 15 is 0 Å². The maximum Gasteiger partial charge on any atom is 0.0125 e. The van der Waals surface area contributed by atoms with E-state index in [1.54, 1.807) is 0 Å². The molecule has 2 heterocycles. The number of likely N-dealkylation sites (tertiary alicyclic amines) is 2. The lowest BCUT2D eigenvalue weighted by molar-refractivity contribution is 0.141. The minimum Gasteiger partial charge on any atom is -0.305 e. The van der Waals surface area contributed by atoms with Crippen molar-refractivity contribution < 1.29 is 0 Å². The molecule has 0 unspecified atom stereocenters. The van der Waals surface area contributed by atoms with Crippen LogP contribution < -0.4 is 0 Å². The molecule has 0 spiro atoms. The van der Waals surface area contributed by atoms with Gasteiger partial charge in [0.2, 0.25) is 0 Å². The van der Waals surface area contributed by atoms with Gasteiger partial charge in [-0.05, 0) is 39.2 Å². The molecule has 2 saturated heterocycles. The van der Waals surface area contributed by atoms with Crippen LogP contribution in [0.4, 0.5) is 0 Å². The molecule has 0 amide bonds. The van der Waals surface area contributed by atoms with Gasteiger partial charge < -0.3 is 4.90 Å². The first-order valence-corrected chi connectivity index (χ1v) is 5.75. The molecule has 0 aromatic rings. The van der Waals surface area contributed by atoms with Gasteiger partial charge in [-0.1, -0.05) is 6.92 Å². The van der Waals surface area contributed by atoms with Crippen LogP contribution in [0.5, 0.6) is 0 Å².